The van der Waals surface area contributed by atoms with Crippen molar-refractivity contribution >= 4 is 68.9 Å². The van der Waals surface area contributed by atoms with E-state index >= 15 is 0 Å². The Balaban J connectivity index is 1.54. The zero-order chi connectivity index (χ0) is 20.1. The van der Waals surface area contributed by atoms with Crippen LogP contribution in [0.3, 0.4) is 0 Å². The Labute approximate surface area is 179 Å². The highest BCUT2D eigenvalue weighted by Crippen LogP contribution is 2.27. The van der Waals surface area contributed by atoms with Crippen molar-refractivity contribution in [2.24, 2.45) is 0 Å². The van der Waals surface area contributed by atoms with Crippen molar-refractivity contribution in [2.75, 3.05) is 16.4 Å². The van der Waals surface area contributed by atoms with Crippen molar-refractivity contribution in [3.8, 4) is 0 Å². The number of halogens is 2. The lowest BCUT2D eigenvalue weighted by Crippen LogP contribution is -2.13. The minimum absolute atomic E-state index is 0.151. The molecule has 0 fully saturated rings. The number of benzene rings is 2. The second-order valence-corrected chi connectivity index (χ2v) is 8.70. The van der Waals surface area contributed by atoms with Crippen molar-refractivity contribution in [3.05, 3.63) is 63.6 Å². The molecule has 3 aromatic rings. The molecule has 0 aliphatic rings. The number of aromatic nitrogens is 2. The topological polar surface area (TPSA) is 84.0 Å². The number of thioether (sulfide) groups is 1. The standard InChI is InChI=1S/C18H14Cl2N4O2S2/c1-10-3-2-4-12(7-10)21-15(25)9-27-18-24-23-17(28-18)22-16(26)13-8-11(19)5-6-14(13)20/h2-8H,9H2,1H3,(H,21,25)(H,22,23,26). The Kier molecular flexibility index (Phi) is 6.90. The summed E-state index contributed by atoms with van der Waals surface area (Å²) in [6, 6.07) is 12.2. The third-order valence-corrected chi connectivity index (χ3v) is 5.97. The zero-order valence-corrected chi connectivity index (χ0v) is 17.7. The van der Waals surface area contributed by atoms with E-state index in [9.17, 15) is 9.59 Å². The highest BCUT2D eigenvalue weighted by Gasteiger charge is 2.15. The summed E-state index contributed by atoms with van der Waals surface area (Å²) in [6.07, 6.45) is 0. The number of rotatable bonds is 6. The number of nitrogens with zero attached hydrogens (tertiary/aromatic N) is 2. The number of nitrogens with one attached hydrogen (secondary N) is 2. The van der Waals surface area contributed by atoms with Crippen molar-refractivity contribution in [1.29, 1.82) is 0 Å². The second-order valence-electron chi connectivity index (χ2n) is 5.66. The molecule has 0 bridgehead atoms. The van der Waals surface area contributed by atoms with Gasteiger partial charge in [-0.25, -0.2) is 0 Å². The van der Waals surface area contributed by atoms with Crippen molar-refractivity contribution in [2.45, 2.75) is 11.3 Å². The summed E-state index contributed by atoms with van der Waals surface area (Å²) < 4.78 is 0.562. The van der Waals surface area contributed by atoms with Gasteiger partial charge in [0.05, 0.1) is 16.3 Å². The summed E-state index contributed by atoms with van der Waals surface area (Å²) in [5.41, 5.74) is 2.06. The summed E-state index contributed by atoms with van der Waals surface area (Å²) >= 11 is 14.3. The van der Waals surface area contributed by atoms with Gasteiger partial charge in [0.25, 0.3) is 5.91 Å². The molecule has 0 aliphatic carbocycles. The molecule has 2 amide bonds. The fraction of sp³-hybridized carbons (Fsp3) is 0.111. The number of aryl methyl sites for hydroxylation is 1. The average Bonchev–Trinajstić information content (AvgIpc) is 3.09. The number of amides is 2. The van der Waals surface area contributed by atoms with Crippen LogP contribution in [0.1, 0.15) is 15.9 Å². The van der Waals surface area contributed by atoms with E-state index in [4.69, 9.17) is 23.2 Å². The van der Waals surface area contributed by atoms with Gasteiger partial charge in [0.15, 0.2) is 4.34 Å². The van der Waals surface area contributed by atoms with Gasteiger partial charge in [-0.2, -0.15) is 0 Å². The summed E-state index contributed by atoms with van der Waals surface area (Å²) in [6.45, 7) is 1.96. The van der Waals surface area contributed by atoms with Crippen LogP contribution in [-0.2, 0) is 4.79 Å². The fourth-order valence-corrected chi connectivity index (χ4v) is 4.12. The van der Waals surface area contributed by atoms with Gasteiger partial charge in [-0.1, -0.05) is 58.4 Å². The molecule has 144 valence electrons. The van der Waals surface area contributed by atoms with Gasteiger partial charge in [-0.15, -0.1) is 10.2 Å². The molecule has 0 atom stereocenters. The van der Waals surface area contributed by atoms with Gasteiger partial charge >= 0.3 is 0 Å². The smallest absolute Gasteiger partial charge is 0.259 e. The summed E-state index contributed by atoms with van der Waals surface area (Å²) in [5, 5.41) is 14.3. The lowest BCUT2D eigenvalue weighted by molar-refractivity contribution is -0.113. The first-order valence-corrected chi connectivity index (χ1v) is 10.6. The molecule has 2 aromatic carbocycles. The van der Waals surface area contributed by atoms with Crippen LogP contribution in [0.25, 0.3) is 0 Å². The van der Waals surface area contributed by atoms with Gasteiger partial charge in [0, 0.05) is 10.7 Å². The summed E-state index contributed by atoms with van der Waals surface area (Å²) in [5.74, 6) is -0.407. The first-order valence-electron chi connectivity index (χ1n) is 8.00. The van der Waals surface area contributed by atoms with Gasteiger partial charge in [-0.05, 0) is 42.8 Å². The normalized spacial score (nSPS) is 10.5. The monoisotopic (exact) mass is 452 g/mol. The summed E-state index contributed by atoms with van der Waals surface area (Å²) in [7, 11) is 0. The maximum absolute atomic E-state index is 12.3. The number of anilines is 2. The van der Waals surface area contributed by atoms with E-state index in [0.717, 1.165) is 11.3 Å². The summed E-state index contributed by atoms with van der Waals surface area (Å²) in [4.78, 5) is 24.4. The lowest BCUT2D eigenvalue weighted by atomic mass is 10.2. The van der Waals surface area contributed by atoms with Crippen molar-refractivity contribution < 1.29 is 9.59 Å². The molecule has 0 spiro atoms. The first-order chi connectivity index (χ1) is 13.4. The molecule has 0 aliphatic heterocycles. The van der Waals surface area contributed by atoms with Crippen LogP contribution in [0, 0.1) is 6.92 Å². The largest absolute Gasteiger partial charge is 0.325 e. The molecule has 1 heterocycles. The Morgan fingerprint density at radius 3 is 2.71 bits per heavy atom. The average molecular weight is 453 g/mol. The van der Waals surface area contributed by atoms with Crippen LogP contribution < -0.4 is 10.6 Å². The molecule has 28 heavy (non-hydrogen) atoms. The SMILES string of the molecule is Cc1cccc(NC(=O)CSc2nnc(NC(=O)c3cc(Cl)ccc3Cl)s2)c1. The fourth-order valence-electron chi connectivity index (χ4n) is 2.20. The quantitative estimate of drug-likeness (QED) is 0.399. The zero-order valence-electron chi connectivity index (χ0n) is 14.5. The third kappa shape index (κ3) is 5.68. The predicted octanol–water partition coefficient (Wildman–Crippen LogP) is 5.14. The van der Waals surface area contributed by atoms with E-state index in [0.29, 0.717) is 14.5 Å². The molecular formula is C18H14Cl2N4O2S2. The van der Waals surface area contributed by atoms with E-state index in [2.05, 4.69) is 20.8 Å². The number of carbonyl (C=O) groups excluding carboxylic acids is 2. The Morgan fingerprint density at radius 1 is 1.11 bits per heavy atom. The second kappa shape index (κ2) is 9.38. The van der Waals surface area contributed by atoms with Crippen molar-refractivity contribution in [1.82, 2.24) is 10.2 Å². The Bertz CT molecular complexity index is 1030. The van der Waals surface area contributed by atoms with Crippen LogP contribution in [-0.4, -0.2) is 27.8 Å². The predicted molar refractivity (Wildman–Crippen MR) is 115 cm³/mol. The molecule has 3 rings (SSSR count). The maximum Gasteiger partial charge on any atom is 0.259 e. The van der Waals surface area contributed by atoms with E-state index in [1.807, 2.05) is 31.2 Å². The Morgan fingerprint density at radius 2 is 1.93 bits per heavy atom. The number of carbonyl (C=O) groups is 2. The molecule has 0 unspecified atom stereocenters. The highest BCUT2D eigenvalue weighted by molar-refractivity contribution is 8.01. The van der Waals surface area contributed by atoms with Crippen molar-refractivity contribution in [3.63, 3.8) is 0 Å². The molecule has 10 heteroatoms. The highest BCUT2D eigenvalue weighted by atomic mass is 35.5. The third-order valence-electron chi connectivity index (χ3n) is 3.43. The van der Waals surface area contributed by atoms with Gasteiger partial charge in [0.1, 0.15) is 0 Å². The van der Waals surface area contributed by atoms with E-state index in [-0.39, 0.29) is 22.2 Å². The van der Waals surface area contributed by atoms with E-state index in [1.54, 1.807) is 12.1 Å². The van der Waals surface area contributed by atoms with Crippen LogP contribution in [0.15, 0.2) is 46.8 Å². The molecule has 0 radical (unpaired) electrons. The van der Waals surface area contributed by atoms with E-state index < -0.39 is 5.91 Å². The Hall–Kier alpha value is -2.13. The lowest BCUT2D eigenvalue weighted by Gasteiger charge is -2.04. The molecule has 2 N–H and O–H groups in total. The molecule has 0 saturated heterocycles. The van der Waals surface area contributed by atoms with E-state index in [1.165, 1.54) is 29.2 Å². The molecule has 1 aromatic heterocycles. The minimum Gasteiger partial charge on any atom is -0.325 e. The minimum atomic E-state index is -0.433. The van der Waals surface area contributed by atoms with Gasteiger partial charge < -0.3 is 5.32 Å². The number of hydrogen-bond donors (Lipinski definition) is 2. The van der Waals surface area contributed by atoms with Crippen LogP contribution in [0.5, 0.6) is 0 Å². The van der Waals surface area contributed by atoms with Gasteiger partial charge in [0.2, 0.25) is 11.0 Å². The van der Waals surface area contributed by atoms with Crippen LogP contribution in [0.2, 0.25) is 10.0 Å². The van der Waals surface area contributed by atoms with Crippen LogP contribution >= 0.6 is 46.3 Å². The van der Waals surface area contributed by atoms with Gasteiger partial charge in [-0.3, -0.25) is 14.9 Å². The van der Waals surface area contributed by atoms with Crippen LogP contribution in [0.4, 0.5) is 10.8 Å². The molecule has 0 saturated carbocycles. The molecular weight excluding hydrogens is 439 g/mol. The number of hydrogen-bond acceptors (Lipinski definition) is 6. The molecule has 6 nitrogen and oxygen atoms in total. The first kappa shape index (κ1) is 20.6. The maximum atomic E-state index is 12.3.